The zero-order valence-corrected chi connectivity index (χ0v) is 17.2. The van der Waals surface area contributed by atoms with E-state index in [4.69, 9.17) is 33.3 Å². The van der Waals surface area contributed by atoms with Crippen LogP contribution in [0.5, 0.6) is 0 Å². The van der Waals surface area contributed by atoms with E-state index >= 15 is 0 Å². The Morgan fingerprint density at radius 3 is 1.73 bits per heavy atom. The maximum Gasteiger partial charge on any atom is 0.297 e. The molecule has 3 N–H and O–H groups in total. The number of ether oxygens (including phenoxy) is 4. The first-order valence-electron chi connectivity index (χ1n) is 9.77. The molecular weight excluding hydrogens is 420 g/mol. The average molecular weight is 446 g/mol. The van der Waals surface area contributed by atoms with Gasteiger partial charge in [-0.25, -0.2) is 0 Å². The van der Waals surface area contributed by atoms with E-state index in [9.17, 15) is 13.5 Å². The Morgan fingerprint density at radius 2 is 1.20 bits per heavy atom. The van der Waals surface area contributed by atoms with Gasteiger partial charge in [0.2, 0.25) is 0 Å². The highest BCUT2D eigenvalue weighted by molar-refractivity contribution is 7.86. The van der Waals surface area contributed by atoms with E-state index in [0.717, 1.165) is 5.56 Å². The second-order valence-corrected chi connectivity index (χ2v) is 9.37. The quantitative estimate of drug-likeness (QED) is 0.482. The lowest BCUT2D eigenvalue weighted by Crippen LogP contribution is -2.34. The van der Waals surface area contributed by atoms with Gasteiger partial charge in [0.15, 0.2) is 0 Å². The Kier molecular flexibility index (Phi) is 6.45. The van der Waals surface area contributed by atoms with Gasteiger partial charge >= 0.3 is 0 Å². The molecule has 0 saturated carbocycles. The van der Waals surface area contributed by atoms with Crippen molar-refractivity contribution in [3.8, 4) is 0 Å². The number of aryl methyl sites for hydroxylation is 1. The normalized spacial score (nSPS) is 40.0. The number of hydrogen-bond acceptors (Lipinski definition) is 10. The summed E-state index contributed by atoms with van der Waals surface area (Å²) < 4.78 is 50.4. The summed E-state index contributed by atoms with van der Waals surface area (Å²) in [4.78, 5) is 0.102. The Bertz CT molecular complexity index is 812. The van der Waals surface area contributed by atoms with E-state index in [-0.39, 0.29) is 43.5 Å². The molecule has 168 valence electrons. The van der Waals surface area contributed by atoms with Gasteiger partial charge in [-0.05, 0) is 19.1 Å². The van der Waals surface area contributed by atoms with Crippen molar-refractivity contribution in [3.63, 3.8) is 0 Å². The van der Waals surface area contributed by atoms with Gasteiger partial charge in [-0.1, -0.05) is 17.7 Å². The molecule has 8 unspecified atom stereocenters. The van der Waals surface area contributed by atoms with Crippen LogP contribution in [0.15, 0.2) is 29.2 Å². The third kappa shape index (κ3) is 4.40. The maximum absolute atomic E-state index is 12.2. The van der Waals surface area contributed by atoms with E-state index < -0.39 is 46.7 Å². The molecule has 4 aliphatic rings. The van der Waals surface area contributed by atoms with Crippen molar-refractivity contribution in [2.45, 2.75) is 60.7 Å². The molecule has 0 spiro atoms. The van der Waals surface area contributed by atoms with Crippen LogP contribution in [0.2, 0.25) is 0 Å². The molecule has 1 aromatic carbocycles. The summed E-state index contributed by atoms with van der Waals surface area (Å²) in [6, 6.07) is 6.42. The highest BCUT2D eigenvalue weighted by Gasteiger charge is 2.49. The summed E-state index contributed by atoms with van der Waals surface area (Å²) >= 11 is 0. The second-order valence-electron chi connectivity index (χ2n) is 7.80. The highest BCUT2D eigenvalue weighted by Crippen LogP contribution is 2.31. The Hall–Kier alpha value is -1.15. The molecule has 0 aromatic heterocycles. The van der Waals surface area contributed by atoms with E-state index in [2.05, 4.69) is 0 Å². The average Bonchev–Trinajstić information content (AvgIpc) is 3.45. The summed E-state index contributed by atoms with van der Waals surface area (Å²) in [5.41, 5.74) is 0.968. The molecule has 5 rings (SSSR count). The standard InChI is InChI=1S/C13H16O6S.C6H10O4/c1-8-2-4-9(5-3-8)20(15,16)19-11-7-18-12-10(14)6-17-13(11)12;7-3-1-9-6-4(8)2-10-5(3)6/h2-5,10-14H,6-7H2,1H3;3-8H,1-2H2. The second kappa shape index (κ2) is 8.77. The molecule has 4 aliphatic heterocycles. The minimum atomic E-state index is -3.86. The molecular formula is C19H26O10S. The van der Waals surface area contributed by atoms with Crippen molar-refractivity contribution in [3.05, 3.63) is 29.8 Å². The summed E-state index contributed by atoms with van der Waals surface area (Å²) in [7, 11) is -3.86. The van der Waals surface area contributed by atoms with Gasteiger partial charge in [-0.2, -0.15) is 8.42 Å². The van der Waals surface area contributed by atoms with Crippen LogP contribution in [0.1, 0.15) is 5.56 Å². The van der Waals surface area contributed by atoms with Crippen molar-refractivity contribution in [1.82, 2.24) is 0 Å². The van der Waals surface area contributed by atoms with Gasteiger partial charge in [0.05, 0.1) is 31.3 Å². The van der Waals surface area contributed by atoms with Crippen LogP contribution in [-0.2, 0) is 33.2 Å². The zero-order valence-electron chi connectivity index (χ0n) is 16.4. The minimum absolute atomic E-state index is 0.0947. The molecule has 11 heteroatoms. The fraction of sp³-hybridized carbons (Fsp3) is 0.684. The van der Waals surface area contributed by atoms with Crippen LogP contribution in [-0.4, -0.2) is 99.0 Å². The van der Waals surface area contributed by atoms with Crippen LogP contribution >= 0.6 is 0 Å². The molecule has 4 fully saturated rings. The van der Waals surface area contributed by atoms with Crippen molar-refractivity contribution >= 4 is 10.1 Å². The van der Waals surface area contributed by atoms with Gasteiger partial charge in [0, 0.05) is 0 Å². The third-order valence-electron chi connectivity index (χ3n) is 5.54. The van der Waals surface area contributed by atoms with Crippen molar-refractivity contribution in [2.75, 3.05) is 26.4 Å². The predicted molar refractivity (Wildman–Crippen MR) is 100 cm³/mol. The molecule has 10 nitrogen and oxygen atoms in total. The molecule has 0 bridgehead atoms. The first kappa shape index (κ1) is 22.1. The van der Waals surface area contributed by atoms with Gasteiger partial charge in [0.25, 0.3) is 10.1 Å². The van der Waals surface area contributed by atoms with Gasteiger partial charge in [0.1, 0.15) is 48.8 Å². The Morgan fingerprint density at radius 1 is 0.767 bits per heavy atom. The van der Waals surface area contributed by atoms with Crippen molar-refractivity contribution < 1.29 is 46.9 Å². The molecule has 0 radical (unpaired) electrons. The van der Waals surface area contributed by atoms with E-state index in [1.54, 1.807) is 12.1 Å². The molecule has 1 aromatic rings. The lowest BCUT2D eigenvalue weighted by molar-refractivity contribution is 0.00205. The summed E-state index contributed by atoms with van der Waals surface area (Å²) in [5, 5.41) is 27.9. The van der Waals surface area contributed by atoms with Gasteiger partial charge in [-0.3, -0.25) is 4.18 Å². The number of rotatable bonds is 3. The molecule has 8 atom stereocenters. The third-order valence-corrected chi connectivity index (χ3v) is 6.89. The van der Waals surface area contributed by atoms with Gasteiger partial charge < -0.3 is 34.3 Å². The zero-order chi connectivity index (χ0) is 21.5. The fourth-order valence-electron chi connectivity index (χ4n) is 3.91. The monoisotopic (exact) mass is 446 g/mol. The first-order chi connectivity index (χ1) is 14.3. The van der Waals surface area contributed by atoms with E-state index in [0.29, 0.717) is 0 Å². The summed E-state index contributed by atoms with van der Waals surface area (Å²) in [6.45, 7) is 2.68. The van der Waals surface area contributed by atoms with Crippen LogP contribution in [0.25, 0.3) is 0 Å². The van der Waals surface area contributed by atoms with E-state index in [1.165, 1.54) is 12.1 Å². The molecule has 4 saturated heterocycles. The van der Waals surface area contributed by atoms with Crippen molar-refractivity contribution in [1.29, 1.82) is 0 Å². The molecule has 30 heavy (non-hydrogen) atoms. The van der Waals surface area contributed by atoms with Crippen LogP contribution in [0.4, 0.5) is 0 Å². The Balaban J connectivity index is 0.000000181. The maximum atomic E-state index is 12.2. The number of aliphatic hydroxyl groups excluding tert-OH is 3. The molecule has 4 heterocycles. The van der Waals surface area contributed by atoms with E-state index in [1.807, 2.05) is 6.92 Å². The Labute approximate surface area is 174 Å². The SMILES string of the molecule is Cc1ccc(S(=O)(=O)OC2COC3C(O)COC23)cc1.OC1COC2C(O)COC12. The lowest BCUT2D eigenvalue weighted by Gasteiger charge is -2.16. The smallest absolute Gasteiger partial charge is 0.297 e. The van der Waals surface area contributed by atoms with Crippen LogP contribution in [0, 0.1) is 6.92 Å². The highest BCUT2D eigenvalue weighted by atomic mass is 32.2. The molecule has 0 amide bonds. The topological polar surface area (TPSA) is 141 Å². The van der Waals surface area contributed by atoms with Crippen molar-refractivity contribution in [2.24, 2.45) is 0 Å². The number of benzene rings is 1. The minimum Gasteiger partial charge on any atom is -0.388 e. The van der Waals surface area contributed by atoms with Crippen LogP contribution in [0.3, 0.4) is 0 Å². The number of aliphatic hydroxyl groups is 3. The largest absolute Gasteiger partial charge is 0.388 e. The fourth-order valence-corrected chi connectivity index (χ4v) is 4.98. The predicted octanol–water partition coefficient (Wildman–Crippen LogP) is -1.27. The summed E-state index contributed by atoms with van der Waals surface area (Å²) in [6.07, 6.45) is -4.19. The number of hydrogen-bond donors (Lipinski definition) is 3. The first-order valence-corrected chi connectivity index (χ1v) is 11.2. The summed E-state index contributed by atoms with van der Waals surface area (Å²) in [5.74, 6) is 0. The lowest BCUT2D eigenvalue weighted by atomic mass is 10.1. The van der Waals surface area contributed by atoms with Crippen LogP contribution < -0.4 is 0 Å². The molecule has 0 aliphatic carbocycles. The number of fused-ring (bicyclic) bond motifs is 2. The van der Waals surface area contributed by atoms with Gasteiger partial charge in [-0.15, -0.1) is 0 Å².